The summed E-state index contributed by atoms with van der Waals surface area (Å²) in [4.78, 5) is 1.04. The zero-order valence-corrected chi connectivity index (χ0v) is 13.1. The second-order valence-corrected chi connectivity index (χ2v) is 6.07. The number of nitrogens with zero attached hydrogens (tertiary/aromatic N) is 1. The lowest BCUT2D eigenvalue weighted by Crippen LogP contribution is -2.00. The molecule has 5 heteroatoms. The highest BCUT2D eigenvalue weighted by Gasteiger charge is 2.01. The molecule has 0 saturated heterocycles. The fraction of sp³-hybridized carbons (Fsp3) is 0.133. The Morgan fingerprint density at radius 1 is 1.20 bits per heavy atom. The second kappa shape index (κ2) is 7.22. The molecule has 0 aliphatic heterocycles. The molecule has 102 valence electrons. The Bertz CT molecular complexity index is 623. The molecule has 0 unspecified atom stereocenters. The van der Waals surface area contributed by atoms with Gasteiger partial charge in [-0.3, -0.25) is 0 Å². The number of thioether (sulfide) groups is 1. The zero-order valence-electron chi connectivity index (χ0n) is 10.7. The normalized spacial score (nSPS) is 10.0. The summed E-state index contributed by atoms with van der Waals surface area (Å²) in [7, 11) is 0. The Balaban J connectivity index is 1.81. The number of rotatable bonds is 5. The van der Waals surface area contributed by atoms with Crippen LogP contribution in [0.5, 0.6) is 5.75 Å². The number of anilines is 1. The maximum atomic E-state index is 8.71. The van der Waals surface area contributed by atoms with Crippen LogP contribution in [-0.4, -0.2) is 12.4 Å². The minimum atomic E-state index is 0.586. The average Bonchev–Trinajstić information content (AvgIpc) is 2.47. The molecular formula is C15H13BrN2OS. The number of nitrogen functional groups attached to an aromatic ring is 1. The molecule has 20 heavy (non-hydrogen) atoms. The molecule has 2 aromatic rings. The number of hydrogen-bond acceptors (Lipinski definition) is 4. The summed E-state index contributed by atoms with van der Waals surface area (Å²) in [6.07, 6.45) is 0. The maximum absolute atomic E-state index is 8.71. The van der Waals surface area contributed by atoms with Crippen LogP contribution in [0, 0.1) is 11.3 Å². The number of halogens is 1. The summed E-state index contributed by atoms with van der Waals surface area (Å²) in [5.74, 6) is 1.58. The van der Waals surface area contributed by atoms with Crippen LogP contribution >= 0.6 is 27.7 Å². The van der Waals surface area contributed by atoms with Gasteiger partial charge in [0.05, 0.1) is 18.2 Å². The van der Waals surface area contributed by atoms with Crippen LogP contribution < -0.4 is 10.5 Å². The van der Waals surface area contributed by atoms with E-state index < -0.39 is 0 Å². The van der Waals surface area contributed by atoms with Crippen molar-refractivity contribution in [2.75, 3.05) is 18.1 Å². The molecule has 0 atom stereocenters. The van der Waals surface area contributed by atoms with E-state index in [0.29, 0.717) is 12.2 Å². The summed E-state index contributed by atoms with van der Waals surface area (Å²) < 4.78 is 6.63. The van der Waals surface area contributed by atoms with Crippen molar-refractivity contribution in [1.29, 1.82) is 5.26 Å². The van der Waals surface area contributed by atoms with Crippen LogP contribution in [0.4, 0.5) is 5.69 Å². The van der Waals surface area contributed by atoms with Gasteiger partial charge in [0.15, 0.2) is 0 Å². The third kappa shape index (κ3) is 4.19. The summed E-state index contributed by atoms with van der Waals surface area (Å²) in [5.41, 5.74) is 7.31. The topological polar surface area (TPSA) is 59.0 Å². The van der Waals surface area contributed by atoms with E-state index in [9.17, 15) is 0 Å². The van der Waals surface area contributed by atoms with E-state index in [-0.39, 0.29) is 0 Å². The van der Waals surface area contributed by atoms with Gasteiger partial charge < -0.3 is 10.5 Å². The molecule has 0 saturated carbocycles. The van der Waals surface area contributed by atoms with Gasteiger partial charge in [-0.1, -0.05) is 15.9 Å². The molecule has 0 bridgehead atoms. The van der Waals surface area contributed by atoms with Gasteiger partial charge in [0.25, 0.3) is 0 Å². The van der Waals surface area contributed by atoms with Gasteiger partial charge >= 0.3 is 0 Å². The maximum Gasteiger partial charge on any atom is 0.119 e. The lowest BCUT2D eigenvalue weighted by atomic mass is 10.2. The Morgan fingerprint density at radius 3 is 2.65 bits per heavy atom. The van der Waals surface area contributed by atoms with Crippen molar-refractivity contribution in [3.63, 3.8) is 0 Å². The number of nitrogens with two attached hydrogens (primary N) is 1. The number of hydrogen-bond donors (Lipinski definition) is 1. The molecular weight excluding hydrogens is 336 g/mol. The Kier molecular flexibility index (Phi) is 5.33. The van der Waals surface area contributed by atoms with Gasteiger partial charge in [-0.25, -0.2) is 0 Å². The quantitative estimate of drug-likeness (QED) is 0.502. The van der Waals surface area contributed by atoms with Gasteiger partial charge in [0, 0.05) is 20.8 Å². The first-order valence-corrected chi connectivity index (χ1v) is 7.77. The second-order valence-electron chi connectivity index (χ2n) is 4.02. The molecule has 0 amide bonds. The largest absolute Gasteiger partial charge is 0.493 e. The monoisotopic (exact) mass is 348 g/mol. The standard InChI is InChI=1S/C15H13BrN2OS/c16-12-3-6-14(18)15(9-12)20-8-7-19-13-4-1-11(10-17)2-5-13/h1-6,9H,7-8,18H2. The van der Waals surface area contributed by atoms with E-state index in [4.69, 9.17) is 15.7 Å². The molecule has 2 rings (SSSR count). The predicted molar refractivity (Wildman–Crippen MR) is 85.9 cm³/mol. The highest BCUT2D eigenvalue weighted by molar-refractivity contribution is 9.10. The van der Waals surface area contributed by atoms with Crippen molar-refractivity contribution < 1.29 is 4.74 Å². The van der Waals surface area contributed by atoms with Crippen molar-refractivity contribution in [3.05, 3.63) is 52.5 Å². The summed E-state index contributed by atoms with van der Waals surface area (Å²) in [6, 6.07) is 15.0. The molecule has 0 fully saturated rings. The molecule has 0 spiro atoms. The fourth-order valence-corrected chi connectivity index (χ4v) is 2.91. The lowest BCUT2D eigenvalue weighted by Gasteiger charge is -2.08. The van der Waals surface area contributed by atoms with Crippen molar-refractivity contribution in [2.45, 2.75) is 4.90 Å². The van der Waals surface area contributed by atoms with Gasteiger partial charge in [-0.05, 0) is 42.5 Å². The van der Waals surface area contributed by atoms with Crippen molar-refractivity contribution in [1.82, 2.24) is 0 Å². The molecule has 2 aromatic carbocycles. The predicted octanol–water partition coefficient (Wildman–Crippen LogP) is 4.07. The first kappa shape index (κ1) is 14.8. The zero-order chi connectivity index (χ0) is 14.4. The minimum Gasteiger partial charge on any atom is -0.493 e. The SMILES string of the molecule is N#Cc1ccc(OCCSc2cc(Br)ccc2N)cc1. The molecule has 3 nitrogen and oxygen atoms in total. The summed E-state index contributed by atoms with van der Waals surface area (Å²) in [6.45, 7) is 0.586. The molecule has 0 aliphatic carbocycles. The fourth-order valence-electron chi connectivity index (χ4n) is 1.57. The van der Waals surface area contributed by atoms with E-state index >= 15 is 0 Å². The molecule has 0 aromatic heterocycles. The Morgan fingerprint density at radius 2 is 1.95 bits per heavy atom. The van der Waals surface area contributed by atoms with Crippen molar-refractivity contribution in [2.24, 2.45) is 0 Å². The van der Waals surface area contributed by atoms with Crippen LogP contribution in [0.1, 0.15) is 5.56 Å². The number of ether oxygens (including phenoxy) is 1. The van der Waals surface area contributed by atoms with Crippen LogP contribution in [0.2, 0.25) is 0 Å². The highest BCUT2D eigenvalue weighted by atomic mass is 79.9. The minimum absolute atomic E-state index is 0.586. The van der Waals surface area contributed by atoms with Gasteiger partial charge in [-0.15, -0.1) is 11.8 Å². The number of benzene rings is 2. The Labute approximate surface area is 130 Å². The van der Waals surface area contributed by atoms with Crippen molar-refractivity contribution in [3.8, 4) is 11.8 Å². The van der Waals surface area contributed by atoms with E-state index in [0.717, 1.165) is 26.6 Å². The van der Waals surface area contributed by atoms with E-state index in [1.54, 1.807) is 36.0 Å². The Hall–Kier alpha value is -1.64. The smallest absolute Gasteiger partial charge is 0.119 e. The summed E-state index contributed by atoms with van der Waals surface area (Å²) >= 11 is 5.08. The van der Waals surface area contributed by atoms with Crippen LogP contribution in [-0.2, 0) is 0 Å². The van der Waals surface area contributed by atoms with Crippen LogP contribution in [0.3, 0.4) is 0 Å². The van der Waals surface area contributed by atoms with Crippen molar-refractivity contribution >= 4 is 33.4 Å². The van der Waals surface area contributed by atoms with E-state index in [2.05, 4.69) is 22.0 Å². The van der Waals surface area contributed by atoms with Gasteiger partial charge in [0.2, 0.25) is 0 Å². The first-order valence-electron chi connectivity index (χ1n) is 6.00. The van der Waals surface area contributed by atoms with E-state index in [1.807, 2.05) is 18.2 Å². The molecule has 0 aliphatic rings. The van der Waals surface area contributed by atoms with Gasteiger partial charge in [0.1, 0.15) is 5.75 Å². The summed E-state index contributed by atoms with van der Waals surface area (Å²) in [5, 5.41) is 8.71. The first-order chi connectivity index (χ1) is 9.69. The third-order valence-corrected chi connectivity index (χ3v) is 4.10. The van der Waals surface area contributed by atoms with Crippen LogP contribution in [0.15, 0.2) is 51.8 Å². The number of nitriles is 1. The highest BCUT2D eigenvalue weighted by Crippen LogP contribution is 2.28. The lowest BCUT2D eigenvalue weighted by molar-refractivity contribution is 0.344. The van der Waals surface area contributed by atoms with Gasteiger partial charge in [-0.2, -0.15) is 5.26 Å². The molecule has 0 radical (unpaired) electrons. The third-order valence-electron chi connectivity index (χ3n) is 2.57. The molecule has 2 N–H and O–H groups in total. The van der Waals surface area contributed by atoms with Crippen LogP contribution in [0.25, 0.3) is 0 Å². The molecule has 0 heterocycles. The average molecular weight is 349 g/mol. The van der Waals surface area contributed by atoms with E-state index in [1.165, 1.54) is 0 Å².